The molecule has 0 saturated heterocycles. The third-order valence-electron chi connectivity index (χ3n) is 5.28. The zero-order chi connectivity index (χ0) is 23.0. The molecular formula is C27H24N4O2. The Morgan fingerprint density at radius 3 is 2.18 bits per heavy atom. The number of anilines is 1. The Balaban J connectivity index is 1.38. The van der Waals surface area contributed by atoms with Crippen LogP contribution >= 0.6 is 0 Å². The fourth-order valence-corrected chi connectivity index (χ4v) is 3.49. The Bertz CT molecular complexity index is 1230. The predicted octanol–water partition coefficient (Wildman–Crippen LogP) is 4.43. The van der Waals surface area contributed by atoms with Crippen LogP contribution in [0.25, 0.3) is 11.1 Å². The summed E-state index contributed by atoms with van der Waals surface area (Å²) in [4.78, 5) is 29.2. The maximum atomic E-state index is 12.9. The smallest absolute Gasteiger partial charge is 0.255 e. The minimum Gasteiger partial charge on any atom is -0.350 e. The maximum Gasteiger partial charge on any atom is 0.255 e. The van der Waals surface area contributed by atoms with E-state index in [1.807, 2.05) is 48.5 Å². The summed E-state index contributed by atoms with van der Waals surface area (Å²) in [5.41, 5.74) is 10.8. The molecule has 1 unspecified atom stereocenters. The zero-order valence-electron chi connectivity index (χ0n) is 17.9. The van der Waals surface area contributed by atoms with E-state index in [-0.39, 0.29) is 18.4 Å². The Labute approximate surface area is 192 Å². The van der Waals surface area contributed by atoms with Crippen LogP contribution in [0.1, 0.15) is 32.3 Å². The largest absolute Gasteiger partial charge is 0.350 e. The summed E-state index contributed by atoms with van der Waals surface area (Å²) in [6, 6.07) is 27.4. The topological polar surface area (TPSA) is 97.1 Å². The van der Waals surface area contributed by atoms with Gasteiger partial charge in [0.25, 0.3) is 11.8 Å². The number of nitrogens with one attached hydrogen (secondary N) is 2. The molecule has 0 radical (unpaired) electrons. The van der Waals surface area contributed by atoms with Crippen LogP contribution in [0.2, 0.25) is 0 Å². The summed E-state index contributed by atoms with van der Waals surface area (Å²) in [5, 5.41) is 5.74. The van der Waals surface area contributed by atoms with Gasteiger partial charge in [-0.25, -0.2) is 0 Å². The monoisotopic (exact) mass is 436 g/mol. The number of nitrogens with two attached hydrogens (primary N) is 1. The highest BCUT2D eigenvalue weighted by Gasteiger charge is 2.14. The Morgan fingerprint density at radius 2 is 1.45 bits per heavy atom. The predicted molar refractivity (Wildman–Crippen MR) is 130 cm³/mol. The van der Waals surface area contributed by atoms with Crippen molar-refractivity contribution < 1.29 is 9.59 Å². The molecule has 0 bridgehead atoms. The zero-order valence-corrected chi connectivity index (χ0v) is 17.9. The Hall–Kier alpha value is -4.29. The quantitative estimate of drug-likeness (QED) is 0.399. The van der Waals surface area contributed by atoms with Crippen LogP contribution in [0.5, 0.6) is 0 Å². The minimum absolute atomic E-state index is 0.182. The Kier molecular flexibility index (Phi) is 6.87. The van der Waals surface area contributed by atoms with Gasteiger partial charge in [0.05, 0.1) is 0 Å². The van der Waals surface area contributed by atoms with Gasteiger partial charge >= 0.3 is 0 Å². The van der Waals surface area contributed by atoms with E-state index in [0.717, 1.165) is 16.7 Å². The lowest BCUT2D eigenvalue weighted by atomic mass is 9.99. The number of benzene rings is 3. The Morgan fingerprint density at radius 1 is 0.788 bits per heavy atom. The highest BCUT2D eigenvalue weighted by Crippen LogP contribution is 2.23. The van der Waals surface area contributed by atoms with Crippen molar-refractivity contribution in [2.24, 2.45) is 5.73 Å². The lowest BCUT2D eigenvalue weighted by molar-refractivity contribution is 0.0951. The average Bonchev–Trinajstić information content (AvgIpc) is 2.88. The van der Waals surface area contributed by atoms with Gasteiger partial charge in [-0.05, 0) is 47.0 Å². The van der Waals surface area contributed by atoms with Gasteiger partial charge in [-0.3, -0.25) is 14.6 Å². The van der Waals surface area contributed by atoms with E-state index < -0.39 is 6.04 Å². The van der Waals surface area contributed by atoms with Crippen LogP contribution in [0.15, 0.2) is 103 Å². The summed E-state index contributed by atoms with van der Waals surface area (Å²) in [7, 11) is 0. The number of hydrogen-bond acceptors (Lipinski definition) is 4. The first-order chi connectivity index (χ1) is 16.1. The van der Waals surface area contributed by atoms with Crippen molar-refractivity contribution >= 4 is 17.5 Å². The van der Waals surface area contributed by atoms with Gasteiger partial charge in [0.2, 0.25) is 0 Å². The van der Waals surface area contributed by atoms with Crippen molar-refractivity contribution in [2.45, 2.75) is 6.04 Å². The fraction of sp³-hybridized carbons (Fsp3) is 0.0741. The lowest BCUT2D eigenvalue weighted by Gasteiger charge is -2.15. The third kappa shape index (κ3) is 5.50. The van der Waals surface area contributed by atoms with E-state index in [9.17, 15) is 9.59 Å². The first-order valence-corrected chi connectivity index (χ1v) is 10.6. The van der Waals surface area contributed by atoms with Crippen molar-refractivity contribution in [1.29, 1.82) is 0 Å². The molecule has 1 heterocycles. The van der Waals surface area contributed by atoms with Crippen LogP contribution < -0.4 is 16.4 Å². The molecule has 0 saturated carbocycles. The molecule has 0 spiro atoms. The second-order valence-corrected chi connectivity index (χ2v) is 7.54. The van der Waals surface area contributed by atoms with Gasteiger partial charge < -0.3 is 16.4 Å². The van der Waals surface area contributed by atoms with Gasteiger partial charge in [0, 0.05) is 41.8 Å². The molecule has 4 aromatic rings. The molecule has 6 nitrogen and oxygen atoms in total. The first kappa shape index (κ1) is 21.9. The lowest BCUT2D eigenvalue weighted by Crippen LogP contribution is -2.32. The number of nitrogens with zero attached hydrogens (tertiary/aromatic N) is 1. The molecule has 33 heavy (non-hydrogen) atoms. The summed E-state index contributed by atoms with van der Waals surface area (Å²) in [6.45, 7) is 0.268. The van der Waals surface area contributed by atoms with Crippen LogP contribution in [0, 0.1) is 0 Å². The van der Waals surface area contributed by atoms with E-state index in [0.29, 0.717) is 16.8 Å². The summed E-state index contributed by atoms with van der Waals surface area (Å²) in [5.74, 6) is -0.398. The van der Waals surface area contributed by atoms with Crippen molar-refractivity contribution in [3.63, 3.8) is 0 Å². The van der Waals surface area contributed by atoms with Gasteiger partial charge in [-0.2, -0.15) is 0 Å². The standard InChI is InChI=1S/C27H24N4O2/c28-25(20-10-12-21(13-11-20)26(32)31-22-14-16-29-17-15-22)18-30-27(33)24-9-5-4-8-23(24)19-6-2-1-3-7-19/h1-17,25H,18,28H2,(H,30,33)(H,29,31,32). The third-order valence-corrected chi connectivity index (χ3v) is 5.28. The molecule has 1 aromatic heterocycles. The molecule has 1 atom stereocenters. The number of aromatic nitrogens is 1. The van der Waals surface area contributed by atoms with Gasteiger partial charge in [0.1, 0.15) is 0 Å². The molecule has 2 amide bonds. The van der Waals surface area contributed by atoms with E-state index in [1.165, 1.54) is 0 Å². The number of pyridine rings is 1. The molecular weight excluding hydrogens is 412 g/mol. The molecule has 0 aliphatic rings. The SMILES string of the molecule is NC(CNC(=O)c1ccccc1-c1ccccc1)c1ccc(C(=O)Nc2ccncc2)cc1. The van der Waals surface area contributed by atoms with Crippen LogP contribution in [-0.4, -0.2) is 23.3 Å². The van der Waals surface area contributed by atoms with E-state index in [4.69, 9.17) is 5.73 Å². The second-order valence-electron chi connectivity index (χ2n) is 7.54. The number of carbonyl (C=O) groups is 2. The molecule has 0 aliphatic heterocycles. The first-order valence-electron chi connectivity index (χ1n) is 10.6. The van der Waals surface area contributed by atoms with Crippen LogP contribution in [-0.2, 0) is 0 Å². The fourth-order valence-electron chi connectivity index (χ4n) is 3.49. The highest BCUT2D eigenvalue weighted by molar-refractivity contribution is 6.04. The molecule has 6 heteroatoms. The minimum atomic E-state index is -0.407. The van der Waals surface area contributed by atoms with Crippen molar-refractivity contribution in [3.8, 4) is 11.1 Å². The highest BCUT2D eigenvalue weighted by atomic mass is 16.2. The van der Waals surface area contributed by atoms with Crippen molar-refractivity contribution in [1.82, 2.24) is 10.3 Å². The van der Waals surface area contributed by atoms with Gasteiger partial charge in [0.15, 0.2) is 0 Å². The molecule has 3 aromatic carbocycles. The maximum absolute atomic E-state index is 12.9. The molecule has 0 fully saturated rings. The van der Waals surface area contributed by atoms with Gasteiger partial charge in [-0.15, -0.1) is 0 Å². The van der Waals surface area contributed by atoms with E-state index >= 15 is 0 Å². The molecule has 0 aliphatic carbocycles. The molecule has 4 N–H and O–H groups in total. The number of rotatable bonds is 7. The normalized spacial score (nSPS) is 11.4. The summed E-state index contributed by atoms with van der Waals surface area (Å²) in [6.07, 6.45) is 3.23. The second kappa shape index (κ2) is 10.3. The summed E-state index contributed by atoms with van der Waals surface area (Å²) >= 11 is 0. The number of hydrogen-bond donors (Lipinski definition) is 3. The van der Waals surface area contributed by atoms with Crippen molar-refractivity contribution in [3.05, 3.63) is 120 Å². The van der Waals surface area contributed by atoms with Crippen LogP contribution in [0.3, 0.4) is 0 Å². The molecule has 4 rings (SSSR count). The summed E-state index contributed by atoms with van der Waals surface area (Å²) < 4.78 is 0. The van der Waals surface area contributed by atoms with E-state index in [2.05, 4.69) is 15.6 Å². The van der Waals surface area contributed by atoms with Crippen molar-refractivity contribution in [2.75, 3.05) is 11.9 Å². The molecule has 164 valence electrons. The van der Waals surface area contributed by atoms with Crippen LogP contribution in [0.4, 0.5) is 5.69 Å². The number of amides is 2. The van der Waals surface area contributed by atoms with Gasteiger partial charge in [-0.1, -0.05) is 60.7 Å². The average molecular weight is 437 g/mol. The van der Waals surface area contributed by atoms with E-state index in [1.54, 1.807) is 54.9 Å². The number of carbonyl (C=O) groups excluding carboxylic acids is 2.